The van der Waals surface area contributed by atoms with Gasteiger partial charge >= 0.3 is 0 Å². The van der Waals surface area contributed by atoms with E-state index in [1.54, 1.807) is 0 Å². The van der Waals surface area contributed by atoms with Gasteiger partial charge in [-0.3, -0.25) is 4.79 Å². The highest BCUT2D eigenvalue weighted by Gasteiger charge is 2.40. The summed E-state index contributed by atoms with van der Waals surface area (Å²) in [5, 5.41) is 4.19. The van der Waals surface area contributed by atoms with Crippen molar-refractivity contribution in [1.82, 2.24) is 14.8 Å². The third kappa shape index (κ3) is 3.26. The van der Waals surface area contributed by atoms with Gasteiger partial charge in [-0.15, -0.1) is 0 Å². The molecule has 1 fully saturated rings. The number of nitrogens with zero attached hydrogens (tertiary/aromatic N) is 3. The molecule has 0 aliphatic heterocycles. The van der Waals surface area contributed by atoms with Crippen LogP contribution >= 0.6 is 0 Å². The third-order valence-electron chi connectivity index (χ3n) is 4.04. The number of carbonyl (C=O) groups excluding carboxylic acids is 1. The summed E-state index contributed by atoms with van der Waals surface area (Å²) >= 11 is 0. The van der Waals surface area contributed by atoms with Crippen molar-refractivity contribution in [1.29, 1.82) is 0 Å². The number of rotatable bonds is 7. The Kier molecular flexibility index (Phi) is 5.29. The molecule has 0 spiro atoms. The molecule has 5 nitrogen and oxygen atoms in total. The highest BCUT2D eigenvalue weighted by atomic mass is 16.5. The summed E-state index contributed by atoms with van der Waals surface area (Å²) in [7, 11) is 0. The number of Topliss-reactive ketones (excluding diaryl/α,β-unsaturated/α-hetero) is 1. The Morgan fingerprint density at radius 2 is 2.10 bits per heavy atom. The molecule has 1 saturated carbocycles. The minimum Gasteiger partial charge on any atom is -0.367 e. The molecule has 0 unspecified atom stereocenters. The molecule has 0 aromatic carbocycles. The van der Waals surface area contributed by atoms with Crippen molar-refractivity contribution in [3.63, 3.8) is 0 Å². The molecule has 0 saturated heterocycles. The van der Waals surface area contributed by atoms with Crippen LogP contribution in [0.3, 0.4) is 0 Å². The van der Waals surface area contributed by atoms with E-state index in [2.05, 4.69) is 17.0 Å². The minimum absolute atomic E-state index is 0.171. The van der Waals surface area contributed by atoms with E-state index in [-0.39, 0.29) is 5.78 Å². The summed E-state index contributed by atoms with van der Waals surface area (Å²) in [6.07, 6.45) is 7.91. The fourth-order valence-electron chi connectivity index (χ4n) is 3.03. The summed E-state index contributed by atoms with van der Waals surface area (Å²) in [6, 6.07) is 0. The van der Waals surface area contributed by atoms with E-state index < -0.39 is 5.60 Å². The highest BCUT2D eigenvalue weighted by Crippen LogP contribution is 2.33. The second-order valence-corrected chi connectivity index (χ2v) is 5.49. The van der Waals surface area contributed by atoms with E-state index in [0.29, 0.717) is 13.0 Å². The number of aryl methyl sites for hydroxylation is 1. The van der Waals surface area contributed by atoms with Crippen molar-refractivity contribution in [3.8, 4) is 0 Å². The quantitative estimate of drug-likeness (QED) is 0.769. The molecule has 2 rings (SSSR count). The maximum absolute atomic E-state index is 12.7. The summed E-state index contributed by atoms with van der Waals surface area (Å²) < 4.78 is 7.71. The van der Waals surface area contributed by atoms with Gasteiger partial charge in [0.05, 0.1) is 6.42 Å². The fourth-order valence-corrected chi connectivity index (χ4v) is 3.03. The predicted molar refractivity (Wildman–Crippen MR) is 76.5 cm³/mol. The Morgan fingerprint density at radius 1 is 1.35 bits per heavy atom. The number of ether oxygens (including phenoxy) is 1. The second kappa shape index (κ2) is 6.97. The topological polar surface area (TPSA) is 57.0 Å². The summed E-state index contributed by atoms with van der Waals surface area (Å²) in [6.45, 7) is 5.46. The Morgan fingerprint density at radius 3 is 2.75 bits per heavy atom. The molecule has 0 bridgehead atoms. The van der Waals surface area contributed by atoms with Crippen LogP contribution in [0.4, 0.5) is 0 Å². The van der Waals surface area contributed by atoms with Crippen LogP contribution in [-0.4, -0.2) is 32.8 Å². The van der Waals surface area contributed by atoms with Crippen molar-refractivity contribution in [3.05, 3.63) is 12.2 Å². The van der Waals surface area contributed by atoms with Gasteiger partial charge in [-0.25, -0.2) is 9.67 Å². The van der Waals surface area contributed by atoms with Crippen LogP contribution < -0.4 is 0 Å². The average Bonchev–Trinajstić information content (AvgIpc) is 2.88. The van der Waals surface area contributed by atoms with Crippen molar-refractivity contribution in [2.24, 2.45) is 0 Å². The third-order valence-corrected chi connectivity index (χ3v) is 4.04. The van der Waals surface area contributed by atoms with Crippen molar-refractivity contribution < 1.29 is 9.53 Å². The monoisotopic (exact) mass is 279 g/mol. The van der Waals surface area contributed by atoms with Crippen LogP contribution in [-0.2, 0) is 22.5 Å². The lowest BCUT2D eigenvalue weighted by Crippen LogP contribution is -2.44. The standard InChI is InChI=1S/C15H25N3O2/c1-3-10-18-14(16-12-17-18)11-13(19)15(20-4-2)8-6-5-7-9-15/h12H,3-11H2,1-2H3. The molecule has 5 heteroatoms. The first-order valence-electron chi connectivity index (χ1n) is 7.76. The molecule has 1 heterocycles. The van der Waals surface area contributed by atoms with Crippen molar-refractivity contribution in [2.75, 3.05) is 6.61 Å². The molecule has 0 atom stereocenters. The first-order valence-corrected chi connectivity index (χ1v) is 7.76. The predicted octanol–water partition coefficient (Wildman–Crippen LogP) is 2.54. The highest BCUT2D eigenvalue weighted by molar-refractivity contribution is 5.88. The lowest BCUT2D eigenvalue weighted by atomic mass is 9.80. The summed E-state index contributed by atoms with van der Waals surface area (Å²) in [4.78, 5) is 17.0. The molecule has 0 radical (unpaired) electrons. The Balaban J connectivity index is 2.09. The SMILES string of the molecule is CCCn1ncnc1CC(=O)C1(OCC)CCCCC1. The molecule has 1 aliphatic rings. The van der Waals surface area contributed by atoms with Crippen LogP contribution in [0, 0.1) is 0 Å². The minimum atomic E-state index is -0.573. The van der Waals surface area contributed by atoms with Gasteiger partial charge in [-0.1, -0.05) is 26.2 Å². The van der Waals surface area contributed by atoms with Crippen LogP contribution in [0.15, 0.2) is 6.33 Å². The zero-order valence-corrected chi connectivity index (χ0v) is 12.6. The zero-order valence-electron chi connectivity index (χ0n) is 12.6. The Hall–Kier alpha value is -1.23. The van der Waals surface area contributed by atoms with E-state index in [9.17, 15) is 4.79 Å². The van der Waals surface area contributed by atoms with Gasteiger partial charge in [-0.05, 0) is 26.2 Å². The number of aromatic nitrogens is 3. The largest absolute Gasteiger partial charge is 0.367 e. The number of hydrogen-bond acceptors (Lipinski definition) is 4. The van der Waals surface area contributed by atoms with Gasteiger partial charge in [0.2, 0.25) is 0 Å². The van der Waals surface area contributed by atoms with Crippen molar-refractivity contribution >= 4 is 5.78 Å². The van der Waals surface area contributed by atoms with Crippen LogP contribution in [0.25, 0.3) is 0 Å². The van der Waals surface area contributed by atoms with Crippen LogP contribution in [0.5, 0.6) is 0 Å². The van der Waals surface area contributed by atoms with E-state index in [0.717, 1.165) is 44.5 Å². The average molecular weight is 279 g/mol. The first-order chi connectivity index (χ1) is 9.72. The van der Waals surface area contributed by atoms with E-state index >= 15 is 0 Å². The summed E-state index contributed by atoms with van der Waals surface area (Å²) in [5.74, 6) is 0.936. The van der Waals surface area contributed by atoms with E-state index in [1.807, 2.05) is 11.6 Å². The van der Waals surface area contributed by atoms with Gasteiger partial charge in [0.15, 0.2) is 5.78 Å². The molecule has 0 N–H and O–H groups in total. The molecule has 20 heavy (non-hydrogen) atoms. The maximum atomic E-state index is 12.7. The van der Waals surface area contributed by atoms with Crippen molar-refractivity contribution in [2.45, 2.75) is 70.9 Å². The number of ketones is 1. The molecule has 1 aromatic rings. The number of carbonyl (C=O) groups is 1. The van der Waals surface area contributed by atoms with Crippen LogP contribution in [0.1, 0.15) is 58.2 Å². The van der Waals surface area contributed by atoms with Gasteiger partial charge in [0, 0.05) is 13.2 Å². The lowest BCUT2D eigenvalue weighted by molar-refractivity contribution is -0.148. The van der Waals surface area contributed by atoms with Gasteiger partial charge in [-0.2, -0.15) is 5.10 Å². The molecular weight excluding hydrogens is 254 g/mol. The molecule has 112 valence electrons. The molecular formula is C15H25N3O2. The molecule has 0 amide bonds. The zero-order chi connectivity index (χ0) is 14.4. The lowest BCUT2D eigenvalue weighted by Gasteiger charge is -2.35. The van der Waals surface area contributed by atoms with E-state index in [1.165, 1.54) is 12.7 Å². The Bertz CT molecular complexity index is 431. The second-order valence-electron chi connectivity index (χ2n) is 5.49. The molecule has 1 aliphatic carbocycles. The van der Waals surface area contributed by atoms with Gasteiger partial charge in [0.1, 0.15) is 17.8 Å². The number of hydrogen-bond donors (Lipinski definition) is 0. The fraction of sp³-hybridized carbons (Fsp3) is 0.800. The van der Waals surface area contributed by atoms with E-state index in [4.69, 9.17) is 4.74 Å². The van der Waals surface area contributed by atoms with Gasteiger partial charge < -0.3 is 4.74 Å². The van der Waals surface area contributed by atoms with Gasteiger partial charge in [0.25, 0.3) is 0 Å². The smallest absolute Gasteiger partial charge is 0.172 e. The van der Waals surface area contributed by atoms with Crippen LogP contribution in [0.2, 0.25) is 0 Å². The normalized spacial score (nSPS) is 18.1. The summed E-state index contributed by atoms with van der Waals surface area (Å²) in [5.41, 5.74) is -0.573. The maximum Gasteiger partial charge on any atom is 0.172 e. The Labute approximate surface area is 120 Å². The molecule has 1 aromatic heterocycles. The first kappa shape index (κ1) is 15.2.